The van der Waals surface area contributed by atoms with Gasteiger partial charge in [-0.2, -0.15) is 4.72 Å². The van der Waals surface area contributed by atoms with Crippen LogP contribution in [0.3, 0.4) is 0 Å². The first-order chi connectivity index (χ1) is 22.1. The van der Waals surface area contributed by atoms with Crippen LogP contribution in [0.4, 0.5) is 0 Å². The molecule has 46 heavy (non-hydrogen) atoms. The van der Waals surface area contributed by atoms with Gasteiger partial charge in [-0.15, -0.1) is 0 Å². The van der Waals surface area contributed by atoms with Crippen molar-refractivity contribution in [3.63, 3.8) is 0 Å². The molecule has 6 N–H and O–H groups in total. The smallest absolute Gasteiger partial charge is 0.271 e. The summed E-state index contributed by atoms with van der Waals surface area (Å²) in [6, 6.07) is 10.5. The lowest BCUT2D eigenvalue weighted by atomic mass is 9.98. The van der Waals surface area contributed by atoms with Gasteiger partial charge in [-0.3, -0.25) is 24.8 Å². The number of hydrogen-bond acceptors (Lipinski definition) is 8. The third kappa shape index (κ3) is 8.54. The van der Waals surface area contributed by atoms with Gasteiger partial charge in [0, 0.05) is 51.2 Å². The zero-order valence-electron chi connectivity index (χ0n) is 25.4. The number of fused-ring (bicyclic) bond motifs is 1. The highest BCUT2D eigenvalue weighted by Gasteiger charge is 2.38. The second-order valence-corrected chi connectivity index (χ2v) is 13.4. The maximum Gasteiger partial charge on any atom is 0.271 e. The minimum Gasteiger partial charge on any atom is -0.370 e. The Bertz CT molecular complexity index is 1680. The third-order valence-corrected chi connectivity index (χ3v) is 9.64. The van der Waals surface area contributed by atoms with E-state index in [4.69, 9.17) is 11.1 Å². The summed E-state index contributed by atoms with van der Waals surface area (Å²) in [4.78, 5) is 50.8. The number of carbonyl (C=O) groups is 3. The molecular weight excluding hydrogens is 610 g/mol. The lowest BCUT2D eigenvalue weighted by Gasteiger charge is -2.33. The number of guanidine groups is 1. The molecule has 0 radical (unpaired) electrons. The Morgan fingerprint density at radius 3 is 2.57 bits per heavy atom. The van der Waals surface area contributed by atoms with Crippen LogP contribution in [0.15, 0.2) is 66.0 Å². The lowest BCUT2D eigenvalue weighted by molar-refractivity contribution is -0.136. The van der Waals surface area contributed by atoms with Crippen LogP contribution >= 0.6 is 0 Å². The summed E-state index contributed by atoms with van der Waals surface area (Å²) in [6.45, 7) is 1.74. The van der Waals surface area contributed by atoms with Crippen LogP contribution in [0.1, 0.15) is 42.6 Å². The van der Waals surface area contributed by atoms with Crippen LogP contribution in [0.5, 0.6) is 0 Å². The van der Waals surface area contributed by atoms with Gasteiger partial charge in [0.05, 0.1) is 17.5 Å². The van der Waals surface area contributed by atoms with Crippen LogP contribution < -0.4 is 21.1 Å². The van der Waals surface area contributed by atoms with Crippen molar-refractivity contribution in [3.05, 3.63) is 66.7 Å². The van der Waals surface area contributed by atoms with Crippen LogP contribution in [-0.2, 0) is 19.6 Å². The van der Waals surface area contributed by atoms with Crippen molar-refractivity contribution in [2.45, 2.75) is 49.1 Å². The molecule has 3 amide bonds. The summed E-state index contributed by atoms with van der Waals surface area (Å²) in [5, 5.41) is 14.9. The van der Waals surface area contributed by atoms with Crippen molar-refractivity contribution in [3.8, 4) is 0 Å². The van der Waals surface area contributed by atoms with E-state index < -0.39 is 40.2 Å². The molecule has 2 aliphatic rings. The fourth-order valence-corrected chi connectivity index (χ4v) is 6.82. The number of likely N-dealkylation sites (tertiary alicyclic amines) is 1. The molecule has 2 fully saturated rings. The predicted molar refractivity (Wildman–Crippen MR) is 171 cm³/mol. The first-order valence-electron chi connectivity index (χ1n) is 15.3. The van der Waals surface area contributed by atoms with E-state index in [1.54, 1.807) is 23.1 Å². The quantitative estimate of drug-likeness (QED) is 0.131. The molecular formula is C31H39N9O5S. The molecule has 0 spiro atoms. The molecule has 14 nitrogen and oxygen atoms in total. The number of amides is 3. The van der Waals surface area contributed by atoms with Gasteiger partial charge >= 0.3 is 0 Å². The van der Waals surface area contributed by atoms with Gasteiger partial charge in [0.25, 0.3) is 5.91 Å². The number of nitrogens with two attached hydrogens (primary N) is 1. The number of nitrogens with zero attached hydrogens (tertiary/aromatic N) is 4. The second kappa shape index (κ2) is 14.6. The largest absolute Gasteiger partial charge is 0.370 e. The number of piperidine rings is 1. The first kappa shape index (κ1) is 32.8. The Kier molecular flexibility index (Phi) is 10.4. The van der Waals surface area contributed by atoms with Crippen LogP contribution in [0, 0.1) is 11.3 Å². The van der Waals surface area contributed by atoms with E-state index in [2.05, 4.69) is 25.3 Å². The highest BCUT2D eigenvalue weighted by Crippen LogP contribution is 2.28. The van der Waals surface area contributed by atoms with Gasteiger partial charge in [-0.05, 0) is 54.5 Å². The Balaban J connectivity index is 1.30. The zero-order chi connectivity index (χ0) is 32.7. The van der Waals surface area contributed by atoms with Gasteiger partial charge < -0.3 is 26.2 Å². The summed E-state index contributed by atoms with van der Waals surface area (Å²) in [5.74, 6) is -1.43. The first-order valence-corrected chi connectivity index (χ1v) is 16.8. The van der Waals surface area contributed by atoms with E-state index in [-0.39, 0.29) is 41.6 Å². The highest BCUT2D eigenvalue weighted by molar-refractivity contribution is 7.89. The van der Waals surface area contributed by atoms with E-state index in [0.717, 1.165) is 36.5 Å². The van der Waals surface area contributed by atoms with Crippen LogP contribution in [0.25, 0.3) is 10.8 Å². The van der Waals surface area contributed by atoms with Crippen molar-refractivity contribution >= 4 is 44.5 Å². The summed E-state index contributed by atoms with van der Waals surface area (Å²) >= 11 is 0. The van der Waals surface area contributed by atoms with Crippen molar-refractivity contribution in [1.29, 1.82) is 5.41 Å². The predicted octanol–water partition coefficient (Wildman–Crippen LogP) is 0.809. The minimum absolute atomic E-state index is 0.0159. The molecule has 5 rings (SSSR count). The molecule has 2 atom stereocenters. The van der Waals surface area contributed by atoms with Gasteiger partial charge in [-0.1, -0.05) is 30.3 Å². The standard InChI is InChI=1S/C31H39N9O5S/c32-31(33)39-14-3-4-21(20-39)18-37-28(41)17-26(38-46(44,45)25-10-7-22-5-1-2-6-23(22)16-25)30(43)40(24-8-9-24)15-13-36-29(42)27-19-34-11-12-35-27/h1-2,5-7,10-12,16,19,21,24,26,38H,3-4,8-9,13-15,17-18,20H2,(H3,32,33)(H,36,42)(H,37,41)/t21-,26-/m0/s1. The summed E-state index contributed by atoms with van der Waals surface area (Å²) in [7, 11) is -4.21. The SMILES string of the molecule is N=C(N)N1CCC[C@@H](CNC(=O)C[C@H](NS(=O)(=O)c2ccc3ccccc3c2)C(=O)N(CCNC(=O)c2cnccn2)C2CC2)C1. The Morgan fingerprint density at radius 1 is 1.07 bits per heavy atom. The molecule has 2 aromatic carbocycles. The molecule has 15 heteroatoms. The number of benzene rings is 2. The van der Waals surface area contributed by atoms with Gasteiger partial charge in [-0.25, -0.2) is 13.4 Å². The molecule has 0 bridgehead atoms. The average Bonchev–Trinajstić information content (AvgIpc) is 3.91. The average molecular weight is 650 g/mol. The van der Waals surface area contributed by atoms with Crippen LogP contribution in [0.2, 0.25) is 0 Å². The van der Waals surface area contributed by atoms with Crippen molar-refractivity contribution in [2.24, 2.45) is 11.7 Å². The second-order valence-electron chi connectivity index (χ2n) is 11.6. The van der Waals surface area contributed by atoms with Gasteiger partial charge in [0.15, 0.2) is 5.96 Å². The van der Waals surface area contributed by atoms with E-state index >= 15 is 0 Å². The van der Waals surface area contributed by atoms with Crippen molar-refractivity contribution in [2.75, 3.05) is 32.7 Å². The third-order valence-electron chi connectivity index (χ3n) is 8.17. The molecule has 0 unspecified atom stereocenters. The molecule has 1 aliphatic carbocycles. The fourth-order valence-electron chi connectivity index (χ4n) is 5.59. The number of nitrogens with one attached hydrogen (secondary N) is 4. The fraction of sp³-hybridized carbons (Fsp3) is 0.419. The van der Waals surface area contributed by atoms with Crippen molar-refractivity contribution in [1.82, 2.24) is 35.1 Å². The van der Waals surface area contributed by atoms with Crippen LogP contribution in [-0.4, -0.2) is 96.7 Å². The summed E-state index contributed by atoms with van der Waals surface area (Å²) in [5.41, 5.74) is 5.78. The molecule has 1 saturated heterocycles. The monoisotopic (exact) mass is 649 g/mol. The lowest BCUT2D eigenvalue weighted by Crippen LogP contribution is -2.53. The zero-order valence-corrected chi connectivity index (χ0v) is 26.2. The Hall–Kier alpha value is -4.63. The number of aromatic nitrogens is 2. The molecule has 1 aromatic heterocycles. The Labute approximate surface area is 267 Å². The molecule has 2 heterocycles. The maximum absolute atomic E-state index is 14.0. The van der Waals surface area contributed by atoms with E-state index in [0.29, 0.717) is 19.6 Å². The molecule has 1 saturated carbocycles. The molecule has 3 aromatic rings. The minimum atomic E-state index is -4.21. The summed E-state index contributed by atoms with van der Waals surface area (Å²) < 4.78 is 29.8. The van der Waals surface area contributed by atoms with Crippen molar-refractivity contribution < 1.29 is 22.8 Å². The topological polar surface area (TPSA) is 204 Å². The highest BCUT2D eigenvalue weighted by atomic mass is 32.2. The van der Waals surface area contributed by atoms with E-state index in [9.17, 15) is 22.8 Å². The normalized spacial score (nSPS) is 17.2. The molecule has 244 valence electrons. The number of sulfonamides is 1. The number of carbonyl (C=O) groups excluding carboxylic acids is 3. The molecule has 1 aliphatic heterocycles. The number of rotatable bonds is 13. The number of hydrogen-bond donors (Lipinski definition) is 5. The van der Waals surface area contributed by atoms with Gasteiger partial charge in [0.2, 0.25) is 21.8 Å². The summed E-state index contributed by atoms with van der Waals surface area (Å²) in [6.07, 6.45) is 6.91. The van der Waals surface area contributed by atoms with E-state index in [1.807, 2.05) is 12.1 Å². The Morgan fingerprint density at radius 2 is 1.85 bits per heavy atom. The van der Waals surface area contributed by atoms with E-state index in [1.165, 1.54) is 35.6 Å². The maximum atomic E-state index is 14.0. The van der Waals surface area contributed by atoms with Gasteiger partial charge in [0.1, 0.15) is 11.7 Å².